The van der Waals surface area contributed by atoms with E-state index < -0.39 is 17.7 Å². The SMILES string of the molecule is CCOc1cc(C2/C(=C(\O)c3c(C)nc4ccccn34)C(=O)C(=O)N2c2nnc(SCc3ccccc3)s2)ccc1OCCC(C)C. The van der Waals surface area contributed by atoms with Gasteiger partial charge in [0.25, 0.3) is 5.78 Å². The summed E-state index contributed by atoms with van der Waals surface area (Å²) < 4.78 is 14.4. The highest BCUT2D eigenvalue weighted by Gasteiger charge is 2.49. The number of carbonyl (C=O) groups excluding carboxylic acids is 2. The van der Waals surface area contributed by atoms with E-state index in [1.807, 2.05) is 55.5 Å². The molecule has 1 aliphatic rings. The number of hydrogen-bond acceptors (Lipinski definition) is 10. The van der Waals surface area contributed by atoms with Crippen LogP contribution in [0.4, 0.5) is 5.13 Å². The largest absolute Gasteiger partial charge is 0.505 e. The average molecular weight is 670 g/mol. The number of benzene rings is 2. The summed E-state index contributed by atoms with van der Waals surface area (Å²) in [5.41, 5.74) is 3.04. The van der Waals surface area contributed by atoms with Crippen molar-refractivity contribution in [3.8, 4) is 11.5 Å². The summed E-state index contributed by atoms with van der Waals surface area (Å²) in [5, 5.41) is 20.8. The molecular weight excluding hydrogens is 635 g/mol. The number of Topliss-reactive ketones (excluding diaryl/α,β-unsaturated/α-hetero) is 1. The Balaban J connectivity index is 1.45. The van der Waals surface area contributed by atoms with Crippen molar-refractivity contribution in [3.05, 3.63) is 101 Å². The lowest BCUT2D eigenvalue weighted by Gasteiger charge is -2.23. The zero-order valence-corrected chi connectivity index (χ0v) is 28.2. The number of rotatable bonds is 12. The third-order valence-electron chi connectivity index (χ3n) is 7.72. The van der Waals surface area contributed by atoms with Crippen molar-refractivity contribution in [2.75, 3.05) is 18.1 Å². The number of fused-ring (bicyclic) bond motifs is 1. The number of amides is 1. The maximum Gasteiger partial charge on any atom is 0.301 e. The van der Waals surface area contributed by atoms with Gasteiger partial charge in [0.15, 0.2) is 21.6 Å². The van der Waals surface area contributed by atoms with Crippen LogP contribution in [0, 0.1) is 12.8 Å². The number of aryl methyl sites for hydroxylation is 1. The summed E-state index contributed by atoms with van der Waals surface area (Å²) in [4.78, 5) is 33.7. The van der Waals surface area contributed by atoms with Gasteiger partial charge in [0, 0.05) is 11.9 Å². The number of hydrogen-bond donors (Lipinski definition) is 1. The van der Waals surface area contributed by atoms with Gasteiger partial charge >= 0.3 is 5.91 Å². The second-order valence-corrected chi connectivity index (χ2v) is 13.6. The first-order valence-corrected chi connectivity index (χ1v) is 17.2. The fourth-order valence-corrected chi connectivity index (χ4v) is 7.26. The molecule has 3 aromatic heterocycles. The average Bonchev–Trinajstić information content (AvgIpc) is 3.74. The van der Waals surface area contributed by atoms with Crippen LogP contribution in [0.2, 0.25) is 0 Å². The molecule has 1 amide bonds. The molecule has 47 heavy (non-hydrogen) atoms. The predicted octanol–water partition coefficient (Wildman–Crippen LogP) is 7.24. The first kappa shape index (κ1) is 32.3. The molecule has 0 aliphatic carbocycles. The molecule has 1 aliphatic heterocycles. The molecular formula is C35H35N5O5S2. The lowest BCUT2D eigenvalue weighted by atomic mass is 9.96. The Morgan fingerprint density at radius 1 is 1.02 bits per heavy atom. The quantitative estimate of drug-likeness (QED) is 0.0482. The Morgan fingerprint density at radius 3 is 2.57 bits per heavy atom. The van der Waals surface area contributed by atoms with Crippen molar-refractivity contribution in [3.63, 3.8) is 0 Å². The van der Waals surface area contributed by atoms with Gasteiger partial charge in [-0.3, -0.25) is 18.9 Å². The highest BCUT2D eigenvalue weighted by Crippen LogP contribution is 2.46. The molecule has 6 rings (SSSR count). The Labute approximate surface area is 281 Å². The lowest BCUT2D eigenvalue weighted by molar-refractivity contribution is -0.132. The number of thioether (sulfide) groups is 1. The van der Waals surface area contributed by atoms with Crippen LogP contribution in [0.5, 0.6) is 11.5 Å². The summed E-state index contributed by atoms with van der Waals surface area (Å²) in [6.45, 7) is 8.78. The van der Waals surface area contributed by atoms with Crippen molar-refractivity contribution >= 4 is 51.3 Å². The molecule has 1 atom stereocenters. The molecule has 242 valence electrons. The van der Waals surface area contributed by atoms with Crippen molar-refractivity contribution in [2.45, 2.75) is 50.3 Å². The first-order valence-electron chi connectivity index (χ1n) is 15.4. The highest BCUT2D eigenvalue weighted by atomic mass is 32.2. The van der Waals surface area contributed by atoms with Crippen LogP contribution >= 0.6 is 23.1 Å². The molecule has 0 radical (unpaired) electrons. The van der Waals surface area contributed by atoms with E-state index in [1.54, 1.807) is 35.7 Å². The van der Waals surface area contributed by atoms with Gasteiger partial charge in [0.05, 0.1) is 30.5 Å². The van der Waals surface area contributed by atoms with Crippen LogP contribution in [0.15, 0.2) is 82.8 Å². The van der Waals surface area contributed by atoms with Crippen LogP contribution in [0.25, 0.3) is 11.4 Å². The summed E-state index contributed by atoms with van der Waals surface area (Å²) in [6, 6.07) is 19.7. The zero-order valence-electron chi connectivity index (χ0n) is 26.5. The number of anilines is 1. The number of ketones is 1. The van der Waals surface area contributed by atoms with E-state index in [0.717, 1.165) is 12.0 Å². The van der Waals surface area contributed by atoms with Crippen molar-refractivity contribution < 1.29 is 24.2 Å². The fourth-order valence-electron chi connectivity index (χ4n) is 5.44. The molecule has 4 heterocycles. The van der Waals surface area contributed by atoms with Gasteiger partial charge in [-0.1, -0.05) is 79.4 Å². The van der Waals surface area contributed by atoms with Gasteiger partial charge in [-0.15, -0.1) is 10.2 Å². The molecule has 10 nitrogen and oxygen atoms in total. The highest BCUT2D eigenvalue weighted by molar-refractivity contribution is 8.00. The standard InChI is InChI=1S/C35H35N5O5S2/c1-5-44-26-19-24(14-15-25(26)45-18-16-21(2)3)30-28(31(41)29-22(4)36-27-13-9-10-17-39(27)29)32(42)33(43)40(30)34-37-38-35(47-34)46-20-23-11-7-6-8-12-23/h6-15,17,19,21,30,41H,5,16,18,20H2,1-4H3/b31-28+. The van der Waals surface area contributed by atoms with E-state index in [2.05, 4.69) is 29.0 Å². The monoisotopic (exact) mass is 669 g/mol. The first-order chi connectivity index (χ1) is 22.8. The fraction of sp³-hybridized carbons (Fsp3) is 0.286. The van der Waals surface area contributed by atoms with Gasteiger partial charge in [-0.25, -0.2) is 4.98 Å². The van der Waals surface area contributed by atoms with Gasteiger partial charge in [0.1, 0.15) is 11.3 Å². The Morgan fingerprint density at radius 2 is 1.81 bits per heavy atom. The van der Waals surface area contributed by atoms with Gasteiger partial charge in [-0.05, 0) is 61.6 Å². The minimum Gasteiger partial charge on any atom is -0.505 e. The van der Waals surface area contributed by atoms with E-state index in [-0.39, 0.29) is 16.5 Å². The molecule has 5 aromatic rings. The Bertz CT molecular complexity index is 1950. The van der Waals surface area contributed by atoms with E-state index in [1.165, 1.54) is 28.0 Å². The molecule has 0 bridgehead atoms. The predicted molar refractivity (Wildman–Crippen MR) is 183 cm³/mol. The number of aromatic nitrogens is 4. The zero-order chi connectivity index (χ0) is 33.1. The number of nitrogens with zero attached hydrogens (tertiary/aromatic N) is 5. The van der Waals surface area contributed by atoms with Crippen LogP contribution < -0.4 is 14.4 Å². The molecule has 1 fully saturated rings. The van der Waals surface area contributed by atoms with E-state index in [4.69, 9.17) is 9.47 Å². The third kappa shape index (κ3) is 6.61. The van der Waals surface area contributed by atoms with Crippen molar-refractivity contribution in [1.29, 1.82) is 0 Å². The van der Waals surface area contributed by atoms with Crippen LogP contribution in [0.1, 0.15) is 55.7 Å². The summed E-state index contributed by atoms with van der Waals surface area (Å²) in [7, 11) is 0. The smallest absolute Gasteiger partial charge is 0.301 e. The van der Waals surface area contributed by atoms with Gasteiger partial charge in [-0.2, -0.15) is 0 Å². The second kappa shape index (κ2) is 14.0. The number of imidazole rings is 1. The van der Waals surface area contributed by atoms with E-state index in [0.29, 0.717) is 63.3 Å². The third-order valence-corrected chi connectivity index (χ3v) is 9.84. The molecule has 1 N–H and O–H groups in total. The summed E-state index contributed by atoms with van der Waals surface area (Å²) in [5.74, 6) is 0.195. The molecule has 1 saturated heterocycles. The van der Waals surface area contributed by atoms with E-state index in [9.17, 15) is 14.7 Å². The normalized spacial score (nSPS) is 16.0. The van der Waals surface area contributed by atoms with Crippen LogP contribution in [-0.4, -0.2) is 49.6 Å². The Kier molecular flexibility index (Phi) is 9.60. The summed E-state index contributed by atoms with van der Waals surface area (Å²) in [6.07, 6.45) is 2.63. The van der Waals surface area contributed by atoms with Gasteiger partial charge < -0.3 is 14.6 Å². The number of ether oxygens (including phenoxy) is 2. The maximum absolute atomic E-state index is 13.9. The minimum atomic E-state index is -1.02. The topological polar surface area (TPSA) is 119 Å². The molecule has 12 heteroatoms. The van der Waals surface area contributed by atoms with Crippen molar-refractivity contribution in [2.24, 2.45) is 5.92 Å². The lowest BCUT2D eigenvalue weighted by Crippen LogP contribution is -2.29. The molecule has 0 spiro atoms. The van der Waals surface area contributed by atoms with Gasteiger partial charge in [0.2, 0.25) is 5.13 Å². The van der Waals surface area contributed by atoms with Crippen LogP contribution in [-0.2, 0) is 15.3 Å². The maximum atomic E-state index is 13.9. The number of aliphatic hydroxyl groups is 1. The molecule has 2 aromatic carbocycles. The summed E-state index contributed by atoms with van der Waals surface area (Å²) >= 11 is 2.71. The Hall–Kier alpha value is -4.68. The number of aliphatic hydroxyl groups excluding tert-OH is 1. The number of pyridine rings is 1. The second-order valence-electron chi connectivity index (χ2n) is 11.4. The van der Waals surface area contributed by atoms with E-state index >= 15 is 0 Å². The minimum absolute atomic E-state index is 0.0756. The molecule has 0 saturated carbocycles. The molecule has 1 unspecified atom stereocenters. The van der Waals surface area contributed by atoms with Crippen LogP contribution in [0.3, 0.4) is 0 Å². The van der Waals surface area contributed by atoms with Crippen molar-refractivity contribution in [1.82, 2.24) is 19.6 Å². The number of carbonyl (C=O) groups is 2.